The first kappa shape index (κ1) is 20.7. The van der Waals surface area contributed by atoms with Crippen LogP contribution in [0.4, 0.5) is 0 Å². The predicted octanol–water partition coefficient (Wildman–Crippen LogP) is 3.67. The summed E-state index contributed by atoms with van der Waals surface area (Å²) in [7, 11) is 1.62. The van der Waals surface area contributed by atoms with Gasteiger partial charge in [0.25, 0.3) is 5.91 Å². The van der Waals surface area contributed by atoms with Gasteiger partial charge in [-0.25, -0.2) is 0 Å². The highest BCUT2D eigenvalue weighted by Gasteiger charge is 2.36. The molecule has 0 radical (unpaired) electrons. The predicted molar refractivity (Wildman–Crippen MR) is 112 cm³/mol. The number of methoxy groups -OCH3 is 1. The maximum absolute atomic E-state index is 12.8. The van der Waals surface area contributed by atoms with Crippen LogP contribution in [-0.2, 0) is 11.2 Å². The summed E-state index contributed by atoms with van der Waals surface area (Å²) < 4.78 is 11.3. The fourth-order valence-corrected chi connectivity index (χ4v) is 4.72. The van der Waals surface area contributed by atoms with Gasteiger partial charge >= 0.3 is 0 Å². The van der Waals surface area contributed by atoms with E-state index in [0.29, 0.717) is 29.6 Å². The molecular weight excluding hydrogens is 352 g/mol. The first-order chi connectivity index (χ1) is 13.5. The SMILES string of the molecule is C=CCc1ccc(OCC(=O)N2CCC[C@H](N3[C@H](C)CC[C@@H]3C)C2)c(OC)c1. The molecular formula is C23H34N2O3. The Hall–Kier alpha value is -2.01. The van der Waals surface area contributed by atoms with Gasteiger partial charge in [0.1, 0.15) is 0 Å². The van der Waals surface area contributed by atoms with E-state index >= 15 is 0 Å². The first-order valence-electron chi connectivity index (χ1n) is 10.5. The Morgan fingerprint density at radius 3 is 2.64 bits per heavy atom. The maximum atomic E-state index is 12.8. The lowest BCUT2D eigenvalue weighted by molar-refractivity contribution is -0.135. The summed E-state index contributed by atoms with van der Waals surface area (Å²) >= 11 is 0. The molecule has 1 amide bonds. The molecule has 0 spiro atoms. The molecule has 0 aliphatic carbocycles. The molecule has 0 N–H and O–H groups in total. The lowest BCUT2D eigenvalue weighted by atomic mass is 10.0. The minimum absolute atomic E-state index is 0.0506. The van der Waals surface area contributed by atoms with Crippen molar-refractivity contribution in [2.24, 2.45) is 0 Å². The molecule has 5 nitrogen and oxygen atoms in total. The van der Waals surface area contributed by atoms with Crippen molar-refractivity contribution < 1.29 is 14.3 Å². The molecule has 1 aromatic carbocycles. The van der Waals surface area contributed by atoms with Crippen LogP contribution in [0.2, 0.25) is 0 Å². The molecule has 0 unspecified atom stereocenters. The molecule has 5 heteroatoms. The topological polar surface area (TPSA) is 42.0 Å². The third-order valence-electron chi connectivity index (χ3n) is 6.15. The quantitative estimate of drug-likeness (QED) is 0.671. The molecule has 0 bridgehead atoms. The molecule has 154 valence electrons. The highest BCUT2D eigenvalue weighted by atomic mass is 16.5. The number of hydrogen-bond acceptors (Lipinski definition) is 4. The Balaban J connectivity index is 1.58. The first-order valence-corrected chi connectivity index (χ1v) is 10.5. The molecule has 2 fully saturated rings. The van der Waals surface area contributed by atoms with Crippen LogP contribution >= 0.6 is 0 Å². The zero-order valence-corrected chi connectivity index (χ0v) is 17.5. The fourth-order valence-electron chi connectivity index (χ4n) is 4.72. The van der Waals surface area contributed by atoms with Crippen molar-refractivity contribution in [3.63, 3.8) is 0 Å². The van der Waals surface area contributed by atoms with Gasteiger partial charge in [0.2, 0.25) is 0 Å². The molecule has 0 saturated carbocycles. The van der Waals surface area contributed by atoms with E-state index < -0.39 is 0 Å². The van der Waals surface area contributed by atoms with Gasteiger partial charge in [-0.1, -0.05) is 12.1 Å². The van der Waals surface area contributed by atoms with Crippen LogP contribution in [0.15, 0.2) is 30.9 Å². The number of piperidine rings is 1. The number of benzene rings is 1. The molecule has 2 aliphatic rings. The number of amides is 1. The van der Waals surface area contributed by atoms with Crippen LogP contribution in [0.1, 0.15) is 45.1 Å². The zero-order chi connectivity index (χ0) is 20.1. The van der Waals surface area contributed by atoms with E-state index in [0.717, 1.165) is 31.5 Å². The molecule has 2 heterocycles. The Morgan fingerprint density at radius 1 is 1.21 bits per heavy atom. The number of rotatable bonds is 7. The molecule has 0 aromatic heterocycles. The highest BCUT2D eigenvalue weighted by molar-refractivity contribution is 5.78. The Bertz CT molecular complexity index is 680. The Morgan fingerprint density at radius 2 is 1.96 bits per heavy atom. The van der Waals surface area contributed by atoms with Crippen LogP contribution in [0.5, 0.6) is 11.5 Å². The van der Waals surface area contributed by atoms with Gasteiger partial charge in [0, 0.05) is 31.2 Å². The van der Waals surface area contributed by atoms with Gasteiger partial charge in [-0.2, -0.15) is 0 Å². The smallest absolute Gasteiger partial charge is 0.260 e. The Labute approximate surface area is 169 Å². The van der Waals surface area contributed by atoms with E-state index in [4.69, 9.17) is 9.47 Å². The number of hydrogen-bond donors (Lipinski definition) is 0. The van der Waals surface area contributed by atoms with Crippen LogP contribution in [0.25, 0.3) is 0 Å². The summed E-state index contributed by atoms with van der Waals surface area (Å²) in [6, 6.07) is 7.50. The average Bonchev–Trinajstić information content (AvgIpc) is 3.05. The van der Waals surface area contributed by atoms with Crippen molar-refractivity contribution in [3.05, 3.63) is 36.4 Å². The highest BCUT2D eigenvalue weighted by Crippen LogP contribution is 2.31. The van der Waals surface area contributed by atoms with Gasteiger partial charge in [-0.05, 0) is 63.6 Å². The minimum Gasteiger partial charge on any atom is -0.493 e. The molecule has 3 atom stereocenters. The van der Waals surface area contributed by atoms with Gasteiger partial charge in [-0.3, -0.25) is 9.69 Å². The molecule has 2 saturated heterocycles. The molecule has 2 aliphatic heterocycles. The normalized spacial score (nSPS) is 25.5. The summed E-state index contributed by atoms with van der Waals surface area (Å²) in [6.45, 7) is 10.1. The van der Waals surface area contributed by atoms with Crippen LogP contribution in [0, 0.1) is 0 Å². The second-order valence-electron chi connectivity index (χ2n) is 8.13. The van der Waals surface area contributed by atoms with Crippen LogP contribution in [-0.4, -0.2) is 60.6 Å². The number of carbonyl (C=O) groups excluding carboxylic acids is 1. The van der Waals surface area contributed by atoms with Crippen molar-refractivity contribution in [2.45, 2.75) is 64.1 Å². The average molecular weight is 387 g/mol. The second-order valence-corrected chi connectivity index (χ2v) is 8.13. The number of allylic oxidation sites excluding steroid dienone is 1. The summed E-state index contributed by atoms with van der Waals surface area (Å²) in [5, 5.41) is 0. The van der Waals surface area contributed by atoms with Crippen LogP contribution < -0.4 is 9.47 Å². The van der Waals surface area contributed by atoms with Gasteiger partial charge < -0.3 is 14.4 Å². The van der Waals surface area contributed by atoms with Crippen molar-refractivity contribution in [3.8, 4) is 11.5 Å². The van der Waals surface area contributed by atoms with Crippen molar-refractivity contribution in [1.82, 2.24) is 9.80 Å². The maximum Gasteiger partial charge on any atom is 0.260 e. The standard InChI is InChI=1S/C23H34N2O3/c1-5-7-19-11-12-21(22(14-19)27-4)28-16-23(26)24-13-6-8-20(15-24)25-17(2)9-10-18(25)3/h5,11-12,14,17-18,20H,1,6-10,13,15-16H2,2-4H3/t17-,18+,20-/m0/s1. The van der Waals surface area contributed by atoms with Crippen molar-refractivity contribution in [2.75, 3.05) is 26.8 Å². The summed E-state index contributed by atoms with van der Waals surface area (Å²) in [4.78, 5) is 17.4. The number of ether oxygens (including phenoxy) is 2. The molecule has 3 rings (SSSR count). The summed E-state index contributed by atoms with van der Waals surface area (Å²) in [5.41, 5.74) is 1.11. The summed E-state index contributed by atoms with van der Waals surface area (Å²) in [5.74, 6) is 1.32. The third kappa shape index (κ3) is 4.69. The zero-order valence-electron chi connectivity index (χ0n) is 17.5. The van der Waals surface area contributed by atoms with Crippen LogP contribution in [0.3, 0.4) is 0 Å². The van der Waals surface area contributed by atoms with E-state index in [-0.39, 0.29) is 12.5 Å². The Kier molecular flexibility index (Phi) is 7.00. The molecule has 1 aromatic rings. The van der Waals surface area contributed by atoms with Crippen molar-refractivity contribution >= 4 is 5.91 Å². The number of nitrogens with zero attached hydrogens (tertiary/aromatic N) is 2. The monoisotopic (exact) mass is 386 g/mol. The van der Waals surface area contributed by atoms with Gasteiger partial charge in [0.15, 0.2) is 18.1 Å². The summed E-state index contributed by atoms with van der Waals surface area (Å²) in [6.07, 6.45) is 7.39. The second kappa shape index (κ2) is 9.46. The molecule has 28 heavy (non-hydrogen) atoms. The van der Waals surface area contributed by atoms with Gasteiger partial charge in [-0.15, -0.1) is 6.58 Å². The van der Waals surface area contributed by atoms with E-state index in [1.165, 1.54) is 19.3 Å². The van der Waals surface area contributed by atoms with Gasteiger partial charge in [0.05, 0.1) is 7.11 Å². The van der Waals surface area contributed by atoms with Crippen molar-refractivity contribution in [1.29, 1.82) is 0 Å². The number of carbonyl (C=O) groups is 1. The third-order valence-corrected chi connectivity index (χ3v) is 6.15. The van der Waals surface area contributed by atoms with E-state index in [9.17, 15) is 4.79 Å². The van der Waals surface area contributed by atoms with E-state index in [1.54, 1.807) is 7.11 Å². The fraction of sp³-hybridized carbons (Fsp3) is 0.609. The lowest BCUT2D eigenvalue weighted by Crippen LogP contribution is -2.53. The van der Waals surface area contributed by atoms with E-state index in [2.05, 4.69) is 25.3 Å². The number of likely N-dealkylation sites (tertiary alicyclic amines) is 2. The van der Waals surface area contributed by atoms with E-state index in [1.807, 2.05) is 29.2 Å². The largest absolute Gasteiger partial charge is 0.493 e. The lowest BCUT2D eigenvalue weighted by Gasteiger charge is -2.41. The minimum atomic E-state index is 0.0506.